The van der Waals surface area contributed by atoms with E-state index < -0.39 is 35.7 Å². The van der Waals surface area contributed by atoms with E-state index in [4.69, 9.17) is 5.11 Å². The molecule has 3 nitrogen and oxygen atoms in total. The summed E-state index contributed by atoms with van der Waals surface area (Å²) < 4.78 is 40.9. The van der Waals surface area contributed by atoms with Crippen molar-refractivity contribution >= 4 is 5.78 Å². The van der Waals surface area contributed by atoms with Gasteiger partial charge in [-0.3, -0.25) is 4.79 Å². The van der Waals surface area contributed by atoms with Crippen molar-refractivity contribution in [1.29, 1.82) is 0 Å². The number of furan rings is 1. The predicted octanol–water partition coefficient (Wildman–Crippen LogP) is 1.99. The zero-order chi connectivity index (χ0) is 10.9. The third-order valence-electron chi connectivity index (χ3n) is 1.58. The molecule has 0 aromatic carbocycles. The third kappa shape index (κ3) is 1.95. The van der Waals surface area contributed by atoms with Gasteiger partial charge in [-0.1, -0.05) is 0 Å². The average molecular weight is 208 g/mol. The van der Waals surface area contributed by atoms with Crippen LogP contribution in [0.4, 0.5) is 13.2 Å². The monoisotopic (exact) mass is 208 g/mol. The van der Waals surface area contributed by atoms with E-state index in [1.165, 1.54) is 0 Å². The molecule has 78 valence electrons. The second kappa shape index (κ2) is 3.45. The molecular formula is C8H7F3O3. The number of carbonyl (C=O) groups excluding carboxylic acids is 1. The highest BCUT2D eigenvalue weighted by atomic mass is 19.4. The molecule has 1 aromatic heterocycles. The lowest BCUT2D eigenvalue weighted by molar-refractivity contribution is -0.154. The van der Waals surface area contributed by atoms with Gasteiger partial charge < -0.3 is 9.52 Å². The Balaban J connectivity index is 3.22. The van der Waals surface area contributed by atoms with E-state index in [1.807, 2.05) is 0 Å². The number of aliphatic hydroxyl groups is 1. The summed E-state index contributed by atoms with van der Waals surface area (Å²) in [5, 5.41) is 8.61. The number of carbonyl (C=O) groups is 1. The first kappa shape index (κ1) is 10.8. The molecule has 14 heavy (non-hydrogen) atoms. The van der Waals surface area contributed by atoms with Crippen LogP contribution in [0.2, 0.25) is 0 Å². The SMILES string of the molecule is CC(=O)c1cc(CO)c(C(F)(F)F)o1. The van der Waals surface area contributed by atoms with Crippen LogP contribution in [0.15, 0.2) is 10.5 Å². The fraction of sp³-hybridized carbons (Fsp3) is 0.375. The summed E-state index contributed by atoms with van der Waals surface area (Å²) in [6.07, 6.45) is -4.69. The number of ketones is 1. The Labute approximate surface area is 77.1 Å². The highest BCUT2D eigenvalue weighted by Gasteiger charge is 2.38. The van der Waals surface area contributed by atoms with Crippen molar-refractivity contribution in [2.75, 3.05) is 0 Å². The summed E-state index contributed by atoms with van der Waals surface area (Å²) in [6, 6.07) is 0.894. The van der Waals surface area contributed by atoms with E-state index in [2.05, 4.69) is 4.42 Å². The highest BCUT2D eigenvalue weighted by molar-refractivity contribution is 5.91. The van der Waals surface area contributed by atoms with Gasteiger partial charge in [0.1, 0.15) is 0 Å². The van der Waals surface area contributed by atoms with E-state index in [-0.39, 0.29) is 0 Å². The highest BCUT2D eigenvalue weighted by Crippen LogP contribution is 2.34. The minimum Gasteiger partial charge on any atom is -0.448 e. The molecule has 0 amide bonds. The lowest BCUT2D eigenvalue weighted by Crippen LogP contribution is -2.06. The molecule has 0 unspecified atom stereocenters. The number of hydrogen-bond acceptors (Lipinski definition) is 3. The van der Waals surface area contributed by atoms with Crippen molar-refractivity contribution in [3.05, 3.63) is 23.2 Å². The van der Waals surface area contributed by atoms with Gasteiger partial charge >= 0.3 is 6.18 Å². The smallest absolute Gasteiger partial charge is 0.448 e. The third-order valence-corrected chi connectivity index (χ3v) is 1.58. The van der Waals surface area contributed by atoms with Crippen LogP contribution in [-0.4, -0.2) is 10.9 Å². The maximum Gasteiger partial charge on any atom is 0.449 e. The van der Waals surface area contributed by atoms with E-state index in [0.717, 1.165) is 13.0 Å². The van der Waals surface area contributed by atoms with Crippen LogP contribution in [-0.2, 0) is 12.8 Å². The van der Waals surface area contributed by atoms with Crippen LogP contribution in [0, 0.1) is 0 Å². The van der Waals surface area contributed by atoms with Crippen molar-refractivity contribution in [3.8, 4) is 0 Å². The number of rotatable bonds is 2. The molecule has 1 aromatic rings. The van der Waals surface area contributed by atoms with Gasteiger partial charge in [-0.05, 0) is 6.07 Å². The van der Waals surface area contributed by atoms with Crippen molar-refractivity contribution in [2.24, 2.45) is 0 Å². The first-order valence-corrected chi connectivity index (χ1v) is 3.68. The van der Waals surface area contributed by atoms with Gasteiger partial charge in [0.2, 0.25) is 5.76 Å². The molecule has 0 radical (unpaired) electrons. The second-order valence-corrected chi connectivity index (χ2v) is 2.68. The summed E-state index contributed by atoms with van der Waals surface area (Å²) in [5.74, 6) is -2.33. The number of alkyl halides is 3. The number of Topliss-reactive ketones (excluding diaryl/α,β-unsaturated/α-hetero) is 1. The summed E-state index contributed by atoms with van der Waals surface area (Å²) in [5.41, 5.74) is -0.428. The summed E-state index contributed by atoms with van der Waals surface area (Å²) >= 11 is 0. The first-order valence-electron chi connectivity index (χ1n) is 3.68. The predicted molar refractivity (Wildman–Crippen MR) is 39.6 cm³/mol. The molecular weight excluding hydrogens is 201 g/mol. The van der Waals surface area contributed by atoms with E-state index in [0.29, 0.717) is 0 Å². The van der Waals surface area contributed by atoms with Crippen LogP contribution < -0.4 is 0 Å². The van der Waals surface area contributed by atoms with Crippen molar-refractivity contribution in [3.63, 3.8) is 0 Å². The lowest BCUT2D eigenvalue weighted by atomic mass is 10.2. The maximum atomic E-state index is 12.2. The summed E-state index contributed by atoms with van der Waals surface area (Å²) in [6.45, 7) is 0.270. The molecule has 6 heteroatoms. The van der Waals surface area contributed by atoms with Gasteiger partial charge in [-0.2, -0.15) is 13.2 Å². The minimum atomic E-state index is -4.69. The van der Waals surface area contributed by atoms with E-state index in [9.17, 15) is 18.0 Å². The molecule has 1 heterocycles. The Bertz CT molecular complexity index is 351. The molecule has 0 atom stereocenters. The Hall–Kier alpha value is -1.30. The Morgan fingerprint density at radius 2 is 2.14 bits per heavy atom. The topological polar surface area (TPSA) is 50.4 Å². The van der Waals surface area contributed by atoms with E-state index >= 15 is 0 Å². The van der Waals surface area contributed by atoms with Crippen LogP contribution in [0.3, 0.4) is 0 Å². The van der Waals surface area contributed by atoms with Crippen LogP contribution in [0.1, 0.15) is 28.8 Å². The first-order chi connectivity index (χ1) is 6.36. The average Bonchev–Trinajstić information content (AvgIpc) is 2.46. The molecule has 0 bridgehead atoms. The summed E-state index contributed by atoms with van der Waals surface area (Å²) in [7, 11) is 0. The van der Waals surface area contributed by atoms with Crippen LogP contribution >= 0.6 is 0 Å². The van der Waals surface area contributed by atoms with Crippen LogP contribution in [0.25, 0.3) is 0 Å². The Morgan fingerprint density at radius 3 is 2.43 bits per heavy atom. The number of aliphatic hydroxyl groups excluding tert-OH is 1. The van der Waals surface area contributed by atoms with Gasteiger partial charge in [0, 0.05) is 12.5 Å². The van der Waals surface area contributed by atoms with Crippen molar-refractivity contribution < 1.29 is 27.5 Å². The van der Waals surface area contributed by atoms with Gasteiger partial charge in [-0.15, -0.1) is 0 Å². The number of halogens is 3. The van der Waals surface area contributed by atoms with Gasteiger partial charge in [0.15, 0.2) is 11.5 Å². The lowest BCUT2D eigenvalue weighted by Gasteiger charge is -2.03. The molecule has 0 saturated heterocycles. The second-order valence-electron chi connectivity index (χ2n) is 2.68. The molecule has 1 rings (SSSR count). The number of hydrogen-bond donors (Lipinski definition) is 1. The Morgan fingerprint density at radius 1 is 1.57 bits per heavy atom. The Kier molecular flexibility index (Phi) is 2.66. The molecule has 0 fully saturated rings. The molecule has 0 spiro atoms. The van der Waals surface area contributed by atoms with Gasteiger partial charge in [0.25, 0.3) is 0 Å². The van der Waals surface area contributed by atoms with Crippen molar-refractivity contribution in [2.45, 2.75) is 19.7 Å². The minimum absolute atomic E-state index is 0.402. The molecule has 0 aliphatic heterocycles. The molecule has 0 saturated carbocycles. The zero-order valence-corrected chi connectivity index (χ0v) is 7.18. The molecule has 0 aliphatic carbocycles. The fourth-order valence-corrected chi connectivity index (χ4v) is 0.960. The molecule has 0 aliphatic rings. The molecule has 1 N–H and O–H groups in total. The fourth-order valence-electron chi connectivity index (χ4n) is 0.960. The van der Waals surface area contributed by atoms with Gasteiger partial charge in [0.05, 0.1) is 6.61 Å². The van der Waals surface area contributed by atoms with E-state index in [1.54, 1.807) is 0 Å². The largest absolute Gasteiger partial charge is 0.449 e. The normalized spacial score (nSPS) is 11.8. The van der Waals surface area contributed by atoms with Crippen molar-refractivity contribution in [1.82, 2.24) is 0 Å². The zero-order valence-electron chi connectivity index (χ0n) is 7.18. The maximum absolute atomic E-state index is 12.2. The summed E-state index contributed by atoms with van der Waals surface area (Å²) in [4.78, 5) is 10.7. The standard InChI is InChI=1S/C8H7F3O3/c1-4(13)6-2-5(3-12)7(14-6)8(9,10)11/h2,12H,3H2,1H3. The van der Waals surface area contributed by atoms with Crippen LogP contribution in [0.5, 0.6) is 0 Å². The quantitative estimate of drug-likeness (QED) is 0.756. The van der Waals surface area contributed by atoms with Gasteiger partial charge in [-0.25, -0.2) is 0 Å².